The third-order valence-electron chi connectivity index (χ3n) is 3.26. The summed E-state index contributed by atoms with van der Waals surface area (Å²) in [6.45, 7) is 3.37. The maximum Gasteiger partial charge on any atom is 0.246 e. The van der Waals surface area contributed by atoms with Crippen LogP contribution in [0.15, 0.2) is 41.3 Å². The predicted molar refractivity (Wildman–Crippen MR) is 84.1 cm³/mol. The fourth-order valence-corrected chi connectivity index (χ4v) is 2.06. The molecule has 1 aromatic carbocycles. The predicted octanol–water partition coefficient (Wildman–Crippen LogP) is 3.16. The Bertz CT molecular complexity index is 567. The minimum Gasteiger partial charge on any atom is -0.444 e. The first-order valence-corrected chi connectivity index (χ1v) is 7.62. The van der Waals surface area contributed by atoms with E-state index in [1.165, 1.54) is 6.39 Å². The molecule has 5 heteroatoms. The molecule has 0 aliphatic carbocycles. The van der Waals surface area contributed by atoms with Crippen LogP contribution in [0.25, 0.3) is 11.3 Å². The molecule has 1 amide bonds. The van der Waals surface area contributed by atoms with E-state index in [0.717, 1.165) is 30.4 Å². The van der Waals surface area contributed by atoms with Gasteiger partial charge in [0.05, 0.1) is 6.20 Å². The van der Waals surface area contributed by atoms with E-state index in [1.807, 2.05) is 24.3 Å². The van der Waals surface area contributed by atoms with Gasteiger partial charge in [0.15, 0.2) is 12.2 Å². The molecule has 0 aliphatic heterocycles. The number of carbonyl (C=O) groups excluding carboxylic acids is 1. The van der Waals surface area contributed by atoms with Crippen LogP contribution in [0.3, 0.4) is 0 Å². The molecule has 0 bridgehead atoms. The molecule has 0 fully saturated rings. The van der Waals surface area contributed by atoms with Crippen LogP contribution in [0.5, 0.6) is 0 Å². The Morgan fingerprint density at radius 3 is 3.05 bits per heavy atom. The molecule has 1 N–H and O–H groups in total. The molecule has 5 nitrogen and oxygen atoms in total. The summed E-state index contributed by atoms with van der Waals surface area (Å²) in [5.41, 5.74) is 1.95. The van der Waals surface area contributed by atoms with Crippen LogP contribution in [0.1, 0.15) is 31.7 Å². The summed E-state index contributed by atoms with van der Waals surface area (Å²) >= 11 is 0. The fraction of sp³-hybridized carbons (Fsp3) is 0.412. The second kappa shape index (κ2) is 9.00. The van der Waals surface area contributed by atoms with Gasteiger partial charge in [0.25, 0.3) is 0 Å². The lowest BCUT2D eigenvalue weighted by molar-refractivity contribution is -0.125. The van der Waals surface area contributed by atoms with Gasteiger partial charge in [-0.2, -0.15) is 0 Å². The molecule has 0 spiro atoms. The van der Waals surface area contributed by atoms with Crippen molar-refractivity contribution in [2.75, 3.05) is 13.2 Å². The van der Waals surface area contributed by atoms with E-state index in [9.17, 15) is 4.79 Å². The zero-order valence-electron chi connectivity index (χ0n) is 12.9. The second-order valence-corrected chi connectivity index (χ2v) is 5.10. The van der Waals surface area contributed by atoms with Gasteiger partial charge in [0.1, 0.15) is 6.61 Å². The normalized spacial score (nSPS) is 10.6. The Morgan fingerprint density at radius 1 is 1.36 bits per heavy atom. The van der Waals surface area contributed by atoms with Gasteiger partial charge in [-0.05, 0) is 18.1 Å². The first kappa shape index (κ1) is 16.2. The van der Waals surface area contributed by atoms with Crippen LogP contribution in [0, 0.1) is 0 Å². The summed E-state index contributed by atoms with van der Waals surface area (Å²) in [5.74, 6) is 0.619. The van der Waals surface area contributed by atoms with Crippen molar-refractivity contribution in [2.24, 2.45) is 0 Å². The van der Waals surface area contributed by atoms with Gasteiger partial charge < -0.3 is 14.5 Å². The maximum absolute atomic E-state index is 11.7. The lowest BCUT2D eigenvalue weighted by Crippen LogP contribution is -2.27. The molecule has 0 unspecified atom stereocenters. The topological polar surface area (TPSA) is 64.4 Å². The van der Waals surface area contributed by atoms with Crippen molar-refractivity contribution in [1.82, 2.24) is 10.3 Å². The molecule has 22 heavy (non-hydrogen) atoms. The van der Waals surface area contributed by atoms with Crippen LogP contribution >= 0.6 is 0 Å². The zero-order valence-corrected chi connectivity index (χ0v) is 12.9. The zero-order chi connectivity index (χ0) is 15.6. The van der Waals surface area contributed by atoms with Crippen LogP contribution in [-0.2, 0) is 16.1 Å². The van der Waals surface area contributed by atoms with Gasteiger partial charge in [-0.3, -0.25) is 4.79 Å². The molecule has 1 aromatic heterocycles. The minimum absolute atomic E-state index is 0.0958. The molecule has 0 atom stereocenters. The molecule has 118 valence electrons. The molecule has 2 aromatic rings. The van der Waals surface area contributed by atoms with E-state index in [2.05, 4.69) is 17.2 Å². The van der Waals surface area contributed by atoms with E-state index >= 15 is 0 Å². The maximum atomic E-state index is 11.7. The first-order chi connectivity index (χ1) is 10.8. The number of nitrogens with one attached hydrogen (secondary N) is 1. The standard InChI is InChI=1S/C17H22N2O3/c1-2-3-4-8-21-12-17(20)19-10-14-6-5-7-15(9-14)16-11-18-13-22-16/h5-7,9,11,13H,2-4,8,10,12H2,1H3,(H,19,20). The number of nitrogens with zero attached hydrogens (tertiary/aromatic N) is 1. The minimum atomic E-state index is -0.0958. The molecule has 0 radical (unpaired) electrons. The highest BCUT2D eigenvalue weighted by Crippen LogP contribution is 2.19. The lowest BCUT2D eigenvalue weighted by atomic mass is 10.1. The SMILES string of the molecule is CCCCCOCC(=O)NCc1cccc(-c2cnco2)c1. The number of ether oxygens (including phenoxy) is 1. The van der Waals surface area contributed by atoms with E-state index in [-0.39, 0.29) is 12.5 Å². The summed E-state index contributed by atoms with van der Waals surface area (Å²) in [4.78, 5) is 15.6. The highest BCUT2D eigenvalue weighted by Gasteiger charge is 2.04. The van der Waals surface area contributed by atoms with Gasteiger partial charge in [-0.25, -0.2) is 4.98 Å². The number of oxazole rings is 1. The number of hydrogen-bond donors (Lipinski definition) is 1. The largest absolute Gasteiger partial charge is 0.444 e. The van der Waals surface area contributed by atoms with Crippen molar-refractivity contribution in [3.63, 3.8) is 0 Å². The van der Waals surface area contributed by atoms with Crippen molar-refractivity contribution in [1.29, 1.82) is 0 Å². The monoisotopic (exact) mass is 302 g/mol. The quantitative estimate of drug-likeness (QED) is 0.723. The average molecular weight is 302 g/mol. The van der Waals surface area contributed by atoms with Crippen molar-refractivity contribution in [3.05, 3.63) is 42.4 Å². The summed E-state index contributed by atoms with van der Waals surface area (Å²) in [6.07, 6.45) is 6.36. The number of hydrogen-bond acceptors (Lipinski definition) is 4. The van der Waals surface area contributed by atoms with Crippen molar-refractivity contribution >= 4 is 5.91 Å². The van der Waals surface area contributed by atoms with Crippen LogP contribution < -0.4 is 5.32 Å². The first-order valence-electron chi connectivity index (χ1n) is 7.62. The number of amides is 1. The Hall–Kier alpha value is -2.14. The number of aromatic nitrogens is 1. The molecule has 0 saturated heterocycles. The molecule has 2 rings (SSSR count). The van der Waals surface area contributed by atoms with E-state index in [1.54, 1.807) is 6.20 Å². The van der Waals surface area contributed by atoms with E-state index < -0.39 is 0 Å². The number of benzene rings is 1. The number of unbranched alkanes of at least 4 members (excludes halogenated alkanes) is 2. The van der Waals surface area contributed by atoms with Gasteiger partial charge in [-0.1, -0.05) is 38.0 Å². The molecule has 0 aliphatic rings. The highest BCUT2D eigenvalue weighted by atomic mass is 16.5. The van der Waals surface area contributed by atoms with Crippen LogP contribution in [-0.4, -0.2) is 24.1 Å². The van der Waals surface area contributed by atoms with Gasteiger partial charge in [0, 0.05) is 18.7 Å². The molecular formula is C17H22N2O3. The average Bonchev–Trinajstić information content (AvgIpc) is 3.07. The highest BCUT2D eigenvalue weighted by molar-refractivity contribution is 5.77. The smallest absolute Gasteiger partial charge is 0.246 e. The third kappa shape index (κ3) is 5.33. The Kier molecular flexibility index (Phi) is 6.64. The number of carbonyl (C=O) groups is 1. The summed E-state index contributed by atoms with van der Waals surface area (Å²) in [7, 11) is 0. The van der Waals surface area contributed by atoms with E-state index in [4.69, 9.17) is 9.15 Å². The Labute approximate surface area is 130 Å². The summed E-state index contributed by atoms with van der Waals surface area (Å²) in [5, 5.41) is 2.85. The number of rotatable bonds is 9. The van der Waals surface area contributed by atoms with Gasteiger partial charge in [0.2, 0.25) is 5.91 Å². The second-order valence-electron chi connectivity index (χ2n) is 5.10. The van der Waals surface area contributed by atoms with Crippen LogP contribution in [0.2, 0.25) is 0 Å². The summed E-state index contributed by atoms with van der Waals surface area (Å²) < 4.78 is 10.6. The third-order valence-corrected chi connectivity index (χ3v) is 3.26. The lowest BCUT2D eigenvalue weighted by Gasteiger charge is -2.07. The Balaban J connectivity index is 1.75. The molecule has 0 saturated carbocycles. The van der Waals surface area contributed by atoms with Gasteiger partial charge >= 0.3 is 0 Å². The fourth-order valence-electron chi connectivity index (χ4n) is 2.06. The molecule has 1 heterocycles. The Morgan fingerprint density at radius 2 is 2.27 bits per heavy atom. The van der Waals surface area contributed by atoms with Crippen molar-refractivity contribution < 1.29 is 13.9 Å². The van der Waals surface area contributed by atoms with Crippen LogP contribution in [0.4, 0.5) is 0 Å². The van der Waals surface area contributed by atoms with Crippen molar-refractivity contribution in [2.45, 2.75) is 32.7 Å². The molecular weight excluding hydrogens is 280 g/mol. The summed E-state index contributed by atoms with van der Waals surface area (Å²) in [6, 6.07) is 7.81. The van der Waals surface area contributed by atoms with Crippen molar-refractivity contribution in [3.8, 4) is 11.3 Å². The van der Waals surface area contributed by atoms with E-state index in [0.29, 0.717) is 18.9 Å². The van der Waals surface area contributed by atoms with Gasteiger partial charge in [-0.15, -0.1) is 0 Å².